The lowest BCUT2D eigenvalue weighted by Crippen LogP contribution is -2.25. The van der Waals surface area contributed by atoms with Crippen LogP contribution in [0.1, 0.15) is 43.0 Å². The first-order chi connectivity index (χ1) is 9.63. The highest BCUT2D eigenvalue weighted by atomic mass is 16.7. The molecule has 1 aliphatic carbocycles. The number of benzene rings is 1. The first kappa shape index (κ1) is 13.1. The Balaban J connectivity index is 1.74. The average molecular weight is 277 g/mol. The predicted molar refractivity (Wildman–Crippen MR) is 73.8 cm³/mol. The van der Waals surface area contributed by atoms with Gasteiger partial charge in [-0.25, -0.2) is 4.79 Å². The van der Waals surface area contributed by atoms with Gasteiger partial charge < -0.3 is 19.9 Å². The van der Waals surface area contributed by atoms with Crippen molar-refractivity contribution in [2.24, 2.45) is 5.92 Å². The molecule has 1 aromatic carbocycles. The van der Waals surface area contributed by atoms with Crippen molar-refractivity contribution in [3.8, 4) is 11.5 Å². The van der Waals surface area contributed by atoms with Crippen LogP contribution in [-0.4, -0.2) is 18.9 Å². The summed E-state index contributed by atoms with van der Waals surface area (Å²) in [4.78, 5) is 12.2. The first-order valence-electron chi connectivity index (χ1n) is 7.03. The molecule has 2 unspecified atom stereocenters. The van der Waals surface area contributed by atoms with Crippen LogP contribution in [0.4, 0.5) is 5.69 Å². The molecular formula is C15H19NO4. The number of hydrogen-bond donors (Lipinski definition) is 1. The maximum Gasteiger partial charge on any atom is 0.340 e. The lowest BCUT2D eigenvalue weighted by molar-refractivity contribution is 0.0156. The van der Waals surface area contributed by atoms with Crippen molar-refractivity contribution in [3.63, 3.8) is 0 Å². The van der Waals surface area contributed by atoms with Gasteiger partial charge in [0.2, 0.25) is 6.79 Å². The van der Waals surface area contributed by atoms with Gasteiger partial charge in [-0.3, -0.25) is 0 Å². The summed E-state index contributed by atoms with van der Waals surface area (Å²) in [6, 6.07) is 3.22. The van der Waals surface area contributed by atoms with Crippen LogP contribution in [0.3, 0.4) is 0 Å². The maximum atomic E-state index is 12.2. The molecule has 1 aliphatic heterocycles. The highest BCUT2D eigenvalue weighted by Gasteiger charge is 2.25. The fourth-order valence-corrected chi connectivity index (χ4v) is 2.83. The molecule has 0 spiro atoms. The molecule has 20 heavy (non-hydrogen) atoms. The lowest BCUT2D eigenvalue weighted by atomic mass is 9.89. The lowest BCUT2D eigenvalue weighted by Gasteiger charge is -2.26. The van der Waals surface area contributed by atoms with E-state index in [1.807, 2.05) is 0 Å². The van der Waals surface area contributed by atoms with Crippen molar-refractivity contribution in [1.82, 2.24) is 0 Å². The van der Waals surface area contributed by atoms with Crippen LogP contribution < -0.4 is 15.2 Å². The third-order valence-corrected chi connectivity index (χ3v) is 3.93. The molecule has 1 fully saturated rings. The summed E-state index contributed by atoms with van der Waals surface area (Å²) in [7, 11) is 0. The Morgan fingerprint density at radius 2 is 2.05 bits per heavy atom. The van der Waals surface area contributed by atoms with Crippen LogP contribution in [0.25, 0.3) is 0 Å². The Labute approximate surface area is 118 Å². The van der Waals surface area contributed by atoms with E-state index in [0.717, 1.165) is 19.3 Å². The zero-order valence-corrected chi connectivity index (χ0v) is 11.6. The predicted octanol–water partition coefficient (Wildman–Crippen LogP) is 2.73. The molecule has 5 heteroatoms. The summed E-state index contributed by atoms with van der Waals surface area (Å²) in [5, 5.41) is 0. The second-order valence-corrected chi connectivity index (χ2v) is 5.59. The van der Waals surface area contributed by atoms with E-state index in [2.05, 4.69) is 6.92 Å². The molecule has 0 saturated heterocycles. The van der Waals surface area contributed by atoms with Crippen molar-refractivity contribution in [3.05, 3.63) is 17.7 Å². The second-order valence-electron chi connectivity index (χ2n) is 5.59. The summed E-state index contributed by atoms with van der Waals surface area (Å²) in [6.07, 6.45) is 4.17. The molecule has 0 radical (unpaired) electrons. The van der Waals surface area contributed by atoms with Gasteiger partial charge in [-0.2, -0.15) is 0 Å². The molecule has 108 valence electrons. The highest BCUT2D eigenvalue weighted by Crippen LogP contribution is 2.36. The summed E-state index contributed by atoms with van der Waals surface area (Å²) in [6.45, 7) is 2.35. The third kappa shape index (κ3) is 2.53. The smallest absolute Gasteiger partial charge is 0.340 e. The van der Waals surface area contributed by atoms with E-state index >= 15 is 0 Å². The van der Waals surface area contributed by atoms with Crippen molar-refractivity contribution < 1.29 is 19.0 Å². The van der Waals surface area contributed by atoms with Crippen LogP contribution in [0.15, 0.2) is 12.1 Å². The normalized spacial score (nSPS) is 24.4. The second kappa shape index (κ2) is 5.23. The van der Waals surface area contributed by atoms with Gasteiger partial charge in [0, 0.05) is 12.1 Å². The van der Waals surface area contributed by atoms with Crippen molar-refractivity contribution in [1.29, 1.82) is 0 Å². The van der Waals surface area contributed by atoms with Gasteiger partial charge in [-0.15, -0.1) is 0 Å². The molecule has 1 aromatic rings. The van der Waals surface area contributed by atoms with E-state index in [1.54, 1.807) is 12.1 Å². The minimum absolute atomic E-state index is 0.00364. The molecule has 0 bridgehead atoms. The molecule has 1 heterocycles. The van der Waals surface area contributed by atoms with Gasteiger partial charge in [0.15, 0.2) is 11.5 Å². The van der Waals surface area contributed by atoms with Gasteiger partial charge in [0.05, 0.1) is 11.3 Å². The summed E-state index contributed by atoms with van der Waals surface area (Å²) in [5.41, 5.74) is 6.61. The van der Waals surface area contributed by atoms with Gasteiger partial charge in [-0.05, 0) is 25.2 Å². The van der Waals surface area contributed by atoms with Crippen molar-refractivity contribution >= 4 is 11.7 Å². The largest absolute Gasteiger partial charge is 0.459 e. The molecule has 5 nitrogen and oxygen atoms in total. The number of carbonyl (C=O) groups excluding carboxylic acids is 1. The van der Waals surface area contributed by atoms with E-state index < -0.39 is 0 Å². The summed E-state index contributed by atoms with van der Waals surface area (Å²) in [5.74, 6) is 1.35. The average Bonchev–Trinajstić information content (AvgIpc) is 2.84. The van der Waals surface area contributed by atoms with E-state index in [1.165, 1.54) is 6.42 Å². The number of ether oxygens (including phenoxy) is 3. The molecule has 2 atom stereocenters. The third-order valence-electron chi connectivity index (χ3n) is 3.93. The van der Waals surface area contributed by atoms with Gasteiger partial charge in [0.1, 0.15) is 6.10 Å². The zero-order chi connectivity index (χ0) is 14.1. The van der Waals surface area contributed by atoms with E-state index in [0.29, 0.717) is 28.7 Å². The number of hydrogen-bond acceptors (Lipinski definition) is 5. The number of carbonyl (C=O) groups is 1. The van der Waals surface area contributed by atoms with Gasteiger partial charge in [-0.1, -0.05) is 13.3 Å². The molecule has 0 amide bonds. The van der Waals surface area contributed by atoms with Gasteiger partial charge >= 0.3 is 5.97 Å². The number of nitrogens with two attached hydrogens (primary N) is 1. The molecule has 0 aromatic heterocycles. The maximum absolute atomic E-state index is 12.2. The van der Waals surface area contributed by atoms with Crippen LogP contribution >= 0.6 is 0 Å². The Kier molecular flexibility index (Phi) is 3.42. The fourth-order valence-electron chi connectivity index (χ4n) is 2.83. The summed E-state index contributed by atoms with van der Waals surface area (Å²) >= 11 is 0. The SMILES string of the molecule is CC1CCCC(OC(=O)c2cc3c(cc2N)OCO3)C1. The number of fused-ring (bicyclic) bond motifs is 1. The number of rotatable bonds is 2. The first-order valence-corrected chi connectivity index (χ1v) is 7.03. The minimum atomic E-state index is -0.375. The van der Waals surface area contributed by atoms with Gasteiger partial charge in [0.25, 0.3) is 0 Å². The minimum Gasteiger partial charge on any atom is -0.459 e. The molecule has 2 aliphatic rings. The quantitative estimate of drug-likeness (QED) is 0.665. The number of anilines is 1. The van der Waals surface area contributed by atoms with Crippen LogP contribution in [-0.2, 0) is 4.74 Å². The monoisotopic (exact) mass is 277 g/mol. The molecule has 1 saturated carbocycles. The Hall–Kier alpha value is -1.91. The zero-order valence-electron chi connectivity index (χ0n) is 11.6. The fraction of sp³-hybridized carbons (Fsp3) is 0.533. The van der Waals surface area contributed by atoms with E-state index in [9.17, 15) is 4.79 Å². The molecular weight excluding hydrogens is 258 g/mol. The Morgan fingerprint density at radius 1 is 1.30 bits per heavy atom. The molecule has 3 rings (SSSR count). The summed E-state index contributed by atoms with van der Waals surface area (Å²) < 4.78 is 16.1. The topological polar surface area (TPSA) is 70.8 Å². The number of esters is 1. The Morgan fingerprint density at radius 3 is 2.80 bits per heavy atom. The van der Waals surface area contributed by atoms with E-state index in [4.69, 9.17) is 19.9 Å². The highest BCUT2D eigenvalue weighted by molar-refractivity contribution is 5.96. The van der Waals surface area contributed by atoms with Crippen LogP contribution in [0.5, 0.6) is 11.5 Å². The van der Waals surface area contributed by atoms with E-state index in [-0.39, 0.29) is 18.9 Å². The number of nitrogen functional groups attached to an aromatic ring is 1. The standard InChI is InChI=1S/C15H19NO4/c1-9-3-2-4-10(5-9)20-15(17)11-6-13-14(7-12(11)16)19-8-18-13/h6-7,9-10H,2-5,8,16H2,1H3. The molecule has 2 N–H and O–H groups in total. The Bertz CT molecular complexity index is 529. The van der Waals surface area contributed by atoms with Crippen molar-refractivity contribution in [2.75, 3.05) is 12.5 Å². The van der Waals surface area contributed by atoms with Crippen molar-refractivity contribution in [2.45, 2.75) is 38.7 Å². The van der Waals surface area contributed by atoms with Crippen LogP contribution in [0, 0.1) is 5.92 Å². The van der Waals surface area contributed by atoms with Crippen LogP contribution in [0.2, 0.25) is 0 Å².